The smallest absolute Gasteiger partial charge is 0.323 e. The highest BCUT2D eigenvalue weighted by Gasteiger charge is 2.21. The molecular weight excluding hydrogens is 242 g/mol. The number of carbonyl (C=O) groups excluding carboxylic acids is 1. The SMILES string of the molecule is C#CCN(CC(=O)O)C(=O)c1c(C)cc(C)cc1C. The van der Waals surface area contributed by atoms with E-state index >= 15 is 0 Å². The zero-order valence-electron chi connectivity index (χ0n) is 11.4. The van der Waals surface area contributed by atoms with Crippen molar-refractivity contribution in [3.63, 3.8) is 0 Å². The Hall–Kier alpha value is -2.28. The summed E-state index contributed by atoms with van der Waals surface area (Å²) in [6.45, 7) is 5.21. The highest BCUT2D eigenvalue weighted by atomic mass is 16.4. The van der Waals surface area contributed by atoms with Gasteiger partial charge in [-0.05, 0) is 31.9 Å². The quantitative estimate of drug-likeness (QED) is 0.838. The topological polar surface area (TPSA) is 57.6 Å². The largest absolute Gasteiger partial charge is 0.480 e. The maximum absolute atomic E-state index is 12.4. The van der Waals surface area contributed by atoms with Gasteiger partial charge in [-0.25, -0.2) is 0 Å². The minimum atomic E-state index is -1.08. The molecule has 0 saturated heterocycles. The molecule has 19 heavy (non-hydrogen) atoms. The summed E-state index contributed by atoms with van der Waals surface area (Å²) < 4.78 is 0. The Morgan fingerprint density at radius 3 is 2.21 bits per heavy atom. The van der Waals surface area contributed by atoms with Gasteiger partial charge in [0.25, 0.3) is 5.91 Å². The van der Waals surface area contributed by atoms with Crippen LogP contribution in [0.2, 0.25) is 0 Å². The van der Waals surface area contributed by atoms with Gasteiger partial charge in [-0.2, -0.15) is 0 Å². The van der Waals surface area contributed by atoms with Crippen LogP contribution in [-0.2, 0) is 4.79 Å². The normalized spacial score (nSPS) is 9.79. The molecule has 1 rings (SSSR count). The van der Waals surface area contributed by atoms with Crippen LogP contribution in [0.25, 0.3) is 0 Å². The second-order valence-electron chi connectivity index (χ2n) is 4.53. The number of terminal acetylenes is 1. The molecule has 0 aromatic heterocycles. The van der Waals surface area contributed by atoms with E-state index in [1.165, 1.54) is 0 Å². The van der Waals surface area contributed by atoms with Crippen molar-refractivity contribution in [1.29, 1.82) is 0 Å². The van der Waals surface area contributed by atoms with Gasteiger partial charge in [0, 0.05) is 5.56 Å². The van der Waals surface area contributed by atoms with Crippen LogP contribution in [0.15, 0.2) is 12.1 Å². The third kappa shape index (κ3) is 3.59. The first-order valence-electron chi connectivity index (χ1n) is 5.89. The van der Waals surface area contributed by atoms with E-state index in [-0.39, 0.29) is 12.5 Å². The summed E-state index contributed by atoms with van der Waals surface area (Å²) in [5, 5.41) is 8.83. The molecule has 0 radical (unpaired) electrons. The number of aliphatic carboxylic acids is 1. The zero-order valence-corrected chi connectivity index (χ0v) is 11.4. The Bertz CT molecular complexity index is 532. The maximum atomic E-state index is 12.4. The van der Waals surface area contributed by atoms with Crippen molar-refractivity contribution in [1.82, 2.24) is 4.90 Å². The fourth-order valence-electron chi connectivity index (χ4n) is 2.15. The molecule has 1 aromatic carbocycles. The van der Waals surface area contributed by atoms with E-state index in [0.717, 1.165) is 21.6 Å². The number of rotatable bonds is 4. The molecule has 1 aromatic rings. The van der Waals surface area contributed by atoms with Crippen LogP contribution in [0.4, 0.5) is 0 Å². The Kier molecular flexibility index (Phi) is 4.71. The molecule has 0 fully saturated rings. The van der Waals surface area contributed by atoms with E-state index in [4.69, 9.17) is 11.5 Å². The first-order valence-corrected chi connectivity index (χ1v) is 5.89. The molecule has 4 heteroatoms. The van der Waals surface area contributed by atoms with Gasteiger partial charge in [-0.3, -0.25) is 9.59 Å². The van der Waals surface area contributed by atoms with Crippen LogP contribution >= 0.6 is 0 Å². The average molecular weight is 259 g/mol. The molecular formula is C15H17NO3. The van der Waals surface area contributed by atoms with Crippen LogP contribution < -0.4 is 0 Å². The van der Waals surface area contributed by atoms with Gasteiger partial charge in [0.15, 0.2) is 0 Å². The Balaban J connectivity index is 3.17. The summed E-state index contributed by atoms with van der Waals surface area (Å²) in [5.41, 5.74) is 3.25. The molecule has 0 aliphatic heterocycles. The minimum absolute atomic E-state index is 0.0160. The summed E-state index contributed by atoms with van der Waals surface area (Å²) in [7, 11) is 0. The van der Waals surface area contributed by atoms with Crippen LogP contribution in [-0.4, -0.2) is 35.0 Å². The van der Waals surface area contributed by atoms with Crippen molar-refractivity contribution in [3.05, 3.63) is 34.4 Å². The number of amides is 1. The van der Waals surface area contributed by atoms with Gasteiger partial charge in [0.2, 0.25) is 0 Å². The van der Waals surface area contributed by atoms with Crippen LogP contribution in [0.3, 0.4) is 0 Å². The average Bonchev–Trinajstić information content (AvgIpc) is 2.26. The van der Waals surface area contributed by atoms with Gasteiger partial charge >= 0.3 is 5.97 Å². The molecule has 0 unspecified atom stereocenters. The van der Waals surface area contributed by atoms with Gasteiger partial charge in [-0.15, -0.1) is 6.42 Å². The predicted molar refractivity (Wildman–Crippen MR) is 73.0 cm³/mol. The summed E-state index contributed by atoms with van der Waals surface area (Å²) >= 11 is 0. The van der Waals surface area contributed by atoms with Crippen molar-refractivity contribution in [2.45, 2.75) is 20.8 Å². The summed E-state index contributed by atoms with van der Waals surface area (Å²) in [4.78, 5) is 24.3. The number of nitrogens with zero attached hydrogens (tertiary/aromatic N) is 1. The van der Waals surface area contributed by atoms with Gasteiger partial charge in [-0.1, -0.05) is 23.6 Å². The van der Waals surface area contributed by atoms with Gasteiger partial charge in [0.05, 0.1) is 6.54 Å². The number of hydrogen-bond acceptors (Lipinski definition) is 2. The number of hydrogen-bond donors (Lipinski definition) is 1. The zero-order chi connectivity index (χ0) is 14.6. The van der Waals surface area contributed by atoms with E-state index in [2.05, 4.69) is 5.92 Å². The van der Waals surface area contributed by atoms with E-state index in [9.17, 15) is 9.59 Å². The summed E-state index contributed by atoms with van der Waals surface area (Å²) in [6, 6.07) is 3.80. The fraction of sp³-hybridized carbons (Fsp3) is 0.333. The van der Waals surface area contributed by atoms with Crippen LogP contribution in [0.5, 0.6) is 0 Å². The number of carboxylic acids is 1. The Morgan fingerprint density at radius 1 is 1.26 bits per heavy atom. The molecule has 0 bridgehead atoms. The molecule has 0 aliphatic rings. The second-order valence-corrected chi connectivity index (χ2v) is 4.53. The molecule has 0 saturated carbocycles. The minimum Gasteiger partial charge on any atom is -0.480 e. The first-order chi connectivity index (χ1) is 8.86. The third-order valence-corrected chi connectivity index (χ3v) is 2.79. The number of aryl methyl sites for hydroxylation is 3. The predicted octanol–water partition coefficient (Wildman–Crippen LogP) is 1.77. The van der Waals surface area contributed by atoms with Gasteiger partial charge in [0.1, 0.15) is 6.54 Å². The second kappa shape index (κ2) is 6.05. The van der Waals surface area contributed by atoms with Crippen molar-refractivity contribution in [2.75, 3.05) is 13.1 Å². The molecule has 1 amide bonds. The lowest BCUT2D eigenvalue weighted by Crippen LogP contribution is -2.36. The van der Waals surface area contributed by atoms with E-state index < -0.39 is 12.5 Å². The maximum Gasteiger partial charge on any atom is 0.323 e. The lowest BCUT2D eigenvalue weighted by molar-refractivity contribution is -0.137. The first kappa shape index (κ1) is 14.8. The molecule has 0 aliphatic carbocycles. The Labute approximate surface area is 113 Å². The van der Waals surface area contributed by atoms with E-state index in [1.807, 2.05) is 32.9 Å². The lowest BCUT2D eigenvalue weighted by atomic mass is 9.98. The standard InChI is InChI=1S/C15H17NO3/c1-5-6-16(9-13(17)18)15(19)14-11(3)7-10(2)8-12(14)4/h1,7-8H,6,9H2,2-4H3,(H,17,18). The third-order valence-electron chi connectivity index (χ3n) is 2.79. The Morgan fingerprint density at radius 2 is 1.79 bits per heavy atom. The monoisotopic (exact) mass is 259 g/mol. The molecule has 1 N–H and O–H groups in total. The van der Waals surface area contributed by atoms with Crippen molar-refractivity contribution in [2.24, 2.45) is 0 Å². The fourth-order valence-corrected chi connectivity index (χ4v) is 2.15. The summed E-state index contributed by atoms with van der Waals surface area (Å²) in [5.74, 6) is 0.900. The van der Waals surface area contributed by atoms with Crippen molar-refractivity contribution in [3.8, 4) is 12.3 Å². The van der Waals surface area contributed by atoms with Crippen LogP contribution in [0, 0.1) is 33.1 Å². The van der Waals surface area contributed by atoms with Crippen molar-refractivity contribution < 1.29 is 14.7 Å². The van der Waals surface area contributed by atoms with Crippen LogP contribution in [0.1, 0.15) is 27.0 Å². The van der Waals surface area contributed by atoms with Gasteiger partial charge < -0.3 is 10.0 Å². The van der Waals surface area contributed by atoms with E-state index in [1.54, 1.807) is 0 Å². The van der Waals surface area contributed by atoms with Crippen molar-refractivity contribution >= 4 is 11.9 Å². The highest BCUT2D eigenvalue weighted by Crippen LogP contribution is 2.18. The number of carbonyl (C=O) groups is 2. The van der Waals surface area contributed by atoms with E-state index in [0.29, 0.717) is 5.56 Å². The highest BCUT2D eigenvalue weighted by molar-refractivity contribution is 5.98. The molecule has 0 heterocycles. The lowest BCUT2D eigenvalue weighted by Gasteiger charge is -2.20. The molecule has 4 nitrogen and oxygen atoms in total. The molecule has 0 atom stereocenters. The number of carboxylic acid groups (broad SMARTS) is 1. The molecule has 0 spiro atoms. The molecule has 100 valence electrons. The summed E-state index contributed by atoms with van der Waals surface area (Å²) in [6.07, 6.45) is 5.18. The number of benzene rings is 1.